The number of benzene rings is 2. The van der Waals surface area contributed by atoms with Gasteiger partial charge in [-0.3, -0.25) is 9.59 Å². The number of rotatable bonds is 10. The summed E-state index contributed by atoms with van der Waals surface area (Å²) in [4.78, 5) is 28.5. The van der Waals surface area contributed by atoms with Crippen molar-refractivity contribution in [3.63, 3.8) is 0 Å². The van der Waals surface area contributed by atoms with E-state index in [4.69, 9.17) is 0 Å². The number of thioether (sulfide) groups is 1. The minimum absolute atomic E-state index is 0.0398. The van der Waals surface area contributed by atoms with Crippen LogP contribution in [0.2, 0.25) is 0 Å². The molecule has 2 aromatic rings. The highest BCUT2D eigenvalue weighted by Crippen LogP contribution is 2.20. The molecule has 0 radical (unpaired) electrons. The second-order valence-corrected chi connectivity index (χ2v) is 8.04. The van der Waals surface area contributed by atoms with Crippen LogP contribution in [0.4, 0.5) is 4.39 Å². The lowest BCUT2D eigenvalue weighted by Gasteiger charge is -2.31. The fraction of sp³-hybridized carbons (Fsp3) is 0.391. The van der Waals surface area contributed by atoms with Crippen LogP contribution in [0.3, 0.4) is 0 Å². The first-order valence-electron chi connectivity index (χ1n) is 9.96. The molecule has 0 aliphatic rings. The zero-order chi connectivity index (χ0) is 21.2. The highest BCUT2D eigenvalue weighted by atomic mass is 32.2. The van der Waals surface area contributed by atoms with Crippen molar-refractivity contribution >= 4 is 23.6 Å². The van der Waals surface area contributed by atoms with Crippen LogP contribution in [-0.4, -0.2) is 34.6 Å². The highest BCUT2D eigenvalue weighted by Gasteiger charge is 2.29. The predicted octanol–water partition coefficient (Wildman–Crippen LogP) is 4.64. The zero-order valence-corrected chi connectivity index (χ0v) is 18.0. The SMILES string of the molecule is CC[C@H](C)NC(=O)[C@H](CC)N(Cc1ccc(F)cc1)C(=O)CSc1ccccc1. The number of carbonyl (C=O) groups is 2. The first-order valence-corrected chi connectivity index (χ1v) is 10.9. The van der Waals surface area contributed by atoms with E-state index >= 15 is 0 Å². The van der Waals surface area contributed by atoms with Gasteiger partial charge in [0.05, 0.1) is 5.75 Å². The van der Waals surface area contributed by atoms with E-state index in [0.717, 1.165) is 16.9 Å². The number of hydrogen-bond donors (Lipinski definition) is 1. The maximum absolute atomic E-state index is 13.3. The van der Waals surface area contributed by atoms with Crippen molar-refractivity contribution in [2.75, 3.05) is 5.75 Å². The molecule has 0 saturated carbocycles. The van der Waals surface area contributed by atoms with Crippen molar-refractivity contribution in [1.82, 2.24) is 10.2 Å². The Kier molecular flexibility index (Phi) is 9.19. The molecular formula is C23H29FN2O2S. The normalized spacial score (nSPS) is 12.8. The van der Waals surface area contributed by atoms with Gasteiger partial charge in [-0.15, -0.1) is 11.8 Å². The summed E-state index contributed by atoms with van der Waals surface area (Å²) in [5.41, 5.74) is 0.791. The number of halogens is 1. The van der Waals surface area contributed by atoms with Gasteiger partial charge in [0.1, 0.15) is 11.9 Å². The van der Waals surface area contributed by atoms with Gasteiger partial charge in [-0.05, 0) is 49.6 Å². The van der Waals surface area contributed by atoms with Crippen LogP contribution >= 0.6 is 11.8 Å². The van der Waals surface area contributed by atoms with Crippen LogP contribution in [0.25, 0.3) is 0 Å². The average Bonchev–Trinajstić information content (AvgIpc) is 2.73. The van der Waals surface area contributed by atoms with E-state index in [0.29, 0.717) is 6.42 Å². The Labute approximate surface area is 176 Å². The molecule has 0 saturated heterocycles. The lowest BCUT2D eigenvalue weighted by atomic mass is 10.1. The second kappa shape index (κ2) is 11.6. The van der Waals surface area contributed by atoms with Crippen LogP contribution in [-0.2, 0) is 16.1 Å². The minimum atomic E-state index is -0.571. The lowest BCUT2D eigenvalue weighted by molar-refractivity contribution is -0.139. The first kappa shape index (κ1) is 22.9. The maximum atomic E-state index is 13.3. The van der Waals surface area contributed by atoms with Gasteiger partial charge in [-0.2, -0.15) is 0 Å². The predicted molar refractivity (Wildman–Crippen MR) is 116 cm³/mol. The molecule has 0 heterocycles. The van der Waals surface area contributed by atoms with Crippen LogP contribution in [0.1, 0.15) is 39.2 Å². The van der Waals surface area contributed by atoms with E-state index in [9.17, 15) is 14.0 Å². The lowest BCUT2D eigenvalue weighted by Crippen LogP contribution is -2.51. The Bertz CT molecular complexity index is 783. The van der Waals surface area contributed by atoms with Crippen molar-refractivity contribution in [3.05, 3.63) is 66.0 Å². The third-order valence-corrected chi connectivity index (χ3v) is 5.76. The van der Waals surface area contributed by atoms with Crippen molar-refractivity contribution in [2.45, 2.75) is 57.1 Å². The second-order valence-electron chi connectivity index (χ2n) is 6.99. The standard InChI is InChI=1S/C23H29FN2O2S/c1-4-17(3)25-23(28)21(5-2)26(15-18-11-13-19(24)14-12-18)22(27)16-29-20-9-7-6-8-10-20/h6-14,17,21H,4-5,15-16H2,1-3H3,(H,25,28)/t17-,21-/m0/s1. The van der Waals surface area contributed by atoms with Gasteiger partial charge in [0.2, 0.25) is 11.8 Å². The topological polar surface area (TPSA) is 49.4 Å². The number of hydrogen-bond acceptors (Lipinski definition) is 3. The Hall–Kier alpha value is -2.34. The van der Waals surface area contributed by atoms with Gasteiger partial charge >= 0.3 is 0 Å². The third kappa shape index (κ3) is 7.20. The fourth-order valence-corrected chi connectivity index (χ4v) is 3.70. The Morgan fingerprint density at radius 1 is 1.03 bits per heavy atom. The number of nitrogens with zero attached hydrogens (tertiary/aromatic N) is 1. The summed E-state index contributed by atoms with van der Waals surface area (Å²) in [6.07, 6.45) is 1.32. The van der Waals surface area contributed by atoms with E-state index < -0.39 is 6.04 Å². The zero-order valence-electron chi connectivity index (χ0n) is 17.2. The molecule has 4 nitrogen and oxygen atoms in total. The van der Waals surface area contributed by atoms with E-state index in [-0.39, 0.29) is 36.0 Å². The van der Waals surface area contributed by atoms with Crippen molar-refractivity contribution in [3.8, 4) is 0 Å². The Morgan fingerprint density at radius 3 is 2.28 bits per heavy atom. The van der Waals surface area contributed by atoms with Crippen molar-refractivity contribution in [1.29, 1.82) is 0 Å². The smallest absolute Gasteiger partial charge is 0.243 e. The number of amides is 2. The molecule has 0 unspecified atom stereocenters. The molecule has 0 bridgehead atoms. The molecule has 0 spiro atoms. The summed E-state index contributed by atoms with van der Waals surface area (Å²) in [5.74, 6) is -0.359. The molecule has 2 atom stereocenters. The summed E-state index contributed by atoms with van der Waals surface area (Å²) in [7, 11) is 0. The highest BCUT2D eigenvalue weighted by molar-refractivity contribution is 8.00. The molecule has 156 valence electrons. The molecule has 2 rings (SSSR count). The van der Waals surface area contributed by atoms with Gasteiger partial charge in [-0.25, -0.2) is 4.39 Å². The molecule has 2 amide bonds. The van der Waals surface area contributed by atoms with Gasteiger partial charge in [0, 0.05) is 17.5 Å². The molecule has 0 aliphatic heterocycles. The van der Waals surface area contributed by atoms with Crippen LogP contribution < -0.4 is 5.32 Å². The molecular weight excluding hydrogens is 387 g/mol. The van der Waals surface area contributed by atoms with E-state index in [1.807, 2.05) is 51.1 Å². The Morgan fingerprint density at radius 2 is 1.69 bits per heavy atom. The molecule has 0 aromatic heterocycles. The molecule has 1 N–H and O–H groups in total. The first-order chi connectivity index (χ1) is 13.9. The minimum Gasteiger partial charge on any atom is -0.352 e. The van der Waals surface area contributed by atoms with Crippen molar-refractivity contribution in [2.24, 2.45) is 0 Å². The van der Waals surface area contributed by atoms with E-state index in [1.165, 1.54) is 23.9 Å². The number of nitrogens with one attached hydrogen (secondary N) is 1. The summed E-state index contributed by atoms with van der Waals surface area (Å²) in [6, 6.07) is 15.2. The average molecular weight is 417 g/mol. The van der Waals surface area contributed by atoms with Gasteiger partial charge in [-0.1, -0.05) is 44.2 Å². The summed E-state index contributed by atoms with van der Waals surface area (Å²) in [5, 5.41) is 2.98. The van der Waals surface area contributed by atoms with Gasteiger partial charge in [0.25, 0.3) is 0 Å². The fourth-order valence-electron chi connectivity index (χ4n) is 2.89. The monoisotopic (exact) mass is 416 g/mol. The van der Waals surface area contributed by atoms with Crippen molar-refractivity contribution < 1.29 is 14.0 Å². The van der Waals surface area contributed by atoms with Crippen LogP contribution in [0.15, 0.2) is 59.5 Å². The molecule has 0 fully saturated rings. The maximum Gasteiger partial charge on any atom is 0.243 e. The van der Waals surface area contributed by atoms with E-state index in [1.54, 1.807) is 17.0 Å². The van der Waals surface area contributed by atoms with Crippen LogP contribution in [0.5, 0.6) is 0 Å². The van der Waals surface area contributed by atoms with Gasteiger partial charge < -0.3 is 10.2 Å². The molecule has 0 aliphatic carbocycles. The van der Waals surface area contributed by atoms with E-state index in [2.05, 4.69) is 5.32 Å². The summed E-state index contributed by atoms with van der Waals surface area (Å²) in [6.45, 7) is 6.11. The summed E-state index contributed by atoms with van der Waals surface area (Å²) < 4.78 is 13.3. The number of carbonyl (C=O) groups excluding carboxylic acids is 2. The third-order valence-electron chi connectivity index (χ3n) is 4.76. The molecule has 6 heteroatoms. The largest absolute Gasteiger partial charge is 0.352 e. The molecule has 29 heavy (non-hydrogen) atoms. The Balaban J connectivity index is 2.19. The quantitative estimate of drug-likeness (QED) is 0.574. The van der Waals surface area contributed by atoms with Gasteiger partial charge in [0.15, 0.2) is 0 Å². The summed E-state index contributed by atoms with van der Waals surface area (Å²) >= 11 is 1.44. The van der Waals surface area contributed by atoms with Crippen LogP contribution in [0, 0.1) is 5.82 Å². The molecule has 2 aromatic carbocycles.